The van der Waals surface area contributed by atoms with Crippen LogP contribution in [0.5, 0.6) is 0 Å². The molecule has 0 aromatic heterocycles. The Balaban J connectivity index is 2.27. The van der Waals surface area contributed by atoms with E-state index >= 15 is 0 Å². The van der Waals surface area contributed by atoms with E-state index in [-0.39, 0.29) is 0 Å². The Morgan fingerprint density at radius 1 is 1.70 bits per heavy atom. The molecule has 0 heterocycles. The molecule has 1 N–H and O–H groups in total. The minimum Gasteiger partial charge on any atom is -0.386 e. The van der Waals surface area contributed by atoms with Gasteiger partial charge in [0.25, 0.3) is 0 Å². The molecule has 1 aliphatic rings. The summed E-state index contributed by atoms with van der Waals surface area (Å²) in [6.45, 7) is 5.43. The van der Waals surface area contributed by atoms with Gasteiger partial charge in [0.1, 0.15) is 0 Å². The highest BCUT2D eigenvalue weighted by Crippen LogP contribution is 2.33. The van der Waals surface area contributed by atoms with Crippen molar-refractivity contribution in [3.63, 3.8) is 0 Å². The zero-order valence-electron chi connectivity index (χ0n) is 6.64. The van der Waals surface area contributed by atoms with Crippen LogP contribution in [0.3, 0.4) is 0 Å². The average Bonchev–Trinajstić information content (AvgIpc) is 1.80. The van der Waals surface area contributed by atoms with Gasteiger partial charge in [-0.05, 0) is 19.3 Å². The summed E-state index contributed by atoms with van der Waals surface area (Å²) in [5.74, 6) is 0.757. The van der Waals surface area contributed by atoms with Crippen molar-refractivity contribution < 1.29 is 5.11 Å². The van der Waals surface area contributed by atoms with Crippen LogP contribution in [-0.4, -0.2) is 10.7 Å². The zero-order valence-corrected chi connectivity index (χ0v) is 6.64. The molecule has 1 fully saturated rings. The van der Waals surface area contributed by atoms with Gasteiger partial charge >= 0.3 is 0 Å². The molecule has 1 rings (SSSR count). The number of hydrogen-bond acceptors (Lipinski definition) is 1. The molecule has 0 aromatic rings. The Morgan fingerprint density at radius 2 is 2.30 bits per heavy atom. The van der Waals surface area contributed by atoms with E-state index in [0.29, 0.717) is 0 Å². The molecule has 1 aliphatic carbocycles. The first kappa shape index (κ1) is 7.80. The third-order valence-electron chi connectivity index (χ3n) is 2.37. The van der Waals surface area contributed by atoms with Crippen LogP contribution in [-0.2, 0) is 0 Å². The lowest BCUT2D eigenvalue weighted by molar-refractivity contribution is 0.0643. The molecule has 0 aliphatic heterocycles. The van der Waals surface area contributed by atoms with Gasteiger partial charge in [0.05, 0.1) is 5.60 Å². The van der Waals surface area contributed by atoms with E-state index in [1.807, 2.05) is 6.92 Å². The maximum absolute atomic E-state index is 9.54. The SMILES string of the molecule is C=CC(C)(O)CC1CCC1. The summed E-state index contributed by atoms with van der Waals surface area (Å²) in [5, 5.41) is 9.54. The molecular formula is C9H16O. The van der Waals surface area contributed by atoms with E-state index in [9.17, 15) is 5.11 Å². The first-order chi connectivity index (χ1) is 4.64. The quantitative estimate of drug-likeness (QED) is 0.595. The van der Waals surface area contributed by atoms with Gasteiger partial charge in [-0.2, -0.15) is 0 Å². The minimum absolute atomic E-state index is 0.620. The molecule has 0 aromatic carbocycles. The monoisotopic (exact) mass is 140 g/mol. The fourth-order valence-electron chi connectivity index (χ4n) is 1.36. The van der Waals surface area contributed by atoms with Crippen molar-refractivity contribution >= 4 is 0 Å². The van der Waals surface area contributed by atoms with Crippen molar-refractivity contribution in [3.8, 4) is 0 Å². The molecule has 58 valence electrons. The Hall–Kier alpha value is -0.300. The molecular weight excluding hydrogens is 124 g/mol. The topological polar surface area (TPSA) is 20.2 Å². The van der Waals surface area contributed by atoms with Crippen LogP contribution in [0.15, 0.2) is 12.7 Å². The van der Waals surface area contributed by atoms with Crippen LogP contribution in [0.1, 0.15) is 32.6 Å². The standard InChI is InChI=1S/C9H16O/c1-3-9(2,10)7-8-5-4-6-8/h3,8,10H,1,4-7H2,2H3. The lowest BCUT2D eigenvalue weighted by Gasteiger charge is -2.31. The molecule has 1 nitrogen and oxygen atoms in total. The highest BCUT2D eigenvalue weighted by atomic mass is 16.3. The van der Waals surface area contributed by atoms with E-state index in [1.165, 1.54) is 19.3 Å². The summed E-state index contributed by atoms with van der Waals surface area (Å²) in [6.07, 6.45) is 6.48. The van der Waals surface area contributed by atoms with Gasteiger partial charge in [-0.3, -0.25) is 0 Å². The summed E-state index contributed by atoms with van der Waals surface area (Å²) >= 11 is 0. The van der Waals surface area contributed by atoms with Crippen LogP contribution >= 0.6 is 0 Å². The van der Waals surface area contributed by atoms with Crippen LogP contribution in [0, 0.1) is 5.92 Å². The third-order valence-corrected chi connectivity index (χ3v) is 2.37. The molecule has 1 unspecified atom stereocenters. The Morgan fingerprint density at radius 3 is 2.60 bits per heavy atom. The zero-order chi connectivity index (χ0) is 7.61. The van der Waals surface area contributed by atoms with Crippen LogP contribution in [0.4, 0.5) is 0 Å². The number of hydrogen-bond donors (Lipinski definition) is 1. The fraction of sp³-hybridized carbons (Fsp3) is 0.778. The third kappa shape index (κ3) is 1.84. The van der Waals surface area contributed by atoms with E-state index in [4.69, 9.17) is 0 Å². The second-order valence-electron chi connectivity index (χ2n) is 3.56. The first-order valence-corrected chi connectivity index (χ1v) is 4.00. The largest absolute Gasteiger partial charge is 0.386 e. The highest BCUT2D eigenvalue weighted by molar-refractivity contribution is 4.94. The predicted molar refractivity (Wildman–Crippen MR) is 42.8 cm³/mol. The molecule has 0 radical (unpaired) electrons. The van der Waals surface area contributed by atoms with Crippen molar-refractivity contribution in [2.45, 2.75) is 38.2 Å². The molecule has 1 atom stereocenters. The van der Waals surface area contributed by atoms with Gasteiger partial charge in [-0.25, -0.2) is 0 Å². The predicted octanol–water partition coefficient (Wildman–Crippen LogP) is 2.11. The smallest absolute Gasteiger partial charge is 0.0799 e. The number of aliphatic hydroxyl groups is 1. The van der Waals surface area contributed by atoms with Crippen molar-refractivity contribution in [1.82, 2.24) is 0 Å². The Kier molecular flexibility index (Phi) is 2.14. The molecule has 0 saturated heterocycles. The molecule has 0 spiro atoms. The highest BCUT2D eigenvalue weighted by Gasteiger charge is 2.25. The summed E-state index contributed by atoms with van der Waals surface area (Å²) in [5.41, 5.74) is -0.620. The van der Waals surface area contributed by atoms with E-state index < -0.39 is 5.60 Å². The molecule has 0 amide bonds. The van der Waals surface area contributed by atoms with Gasteiger partial charge in [0.15, 0.2) is 0 Å². The maximum Gasteiger partial charge on any atom is 0.0799 e. The first-order valence-electron chi connectivity index (χ1n) is 4.00. The van der Waals surface area contributed by atoms with Gasteiger partial charge in [-0.15, -0.1) is 6.58 Å². The summed E-state index contributed by atoms with van der Waals surface area (Å²) in [6, 6.07) is 0. The number of rotatable bonds is 3. The van der Waals surface area contributed by atoms with E-state index in [0.717, 1.165) is 12.3 Å². The lowest BCUT2D eigenvalue weighted by Crippen LogP contribution is -2.27. The summed E-state index contributed by atoms with van der Waals surface area (Å²) < 4.78 is 0. The van der Waals surface area contributed by atoms with Crippen molar-refractivity contribution in [1.29, 1.82) is 0 Å². The van der Waals surface area contributed by atoms with Crippen molar-refractivity contribution in [2.75, 3.05) is 0 Å². The second-order valence-corrected chi connectivity index (χ2v) is 3.56. The molecule has 0 bridgehead atoms. The average molecular weight is 140 g/mol. The van der Waals surface area contributed by atoms with Gasteiger partial charge in [0.2, 0.25) is 0 Å². The summed E-state index contributed by atoms with van der Waals surface area (Å²) in [7, 11) is 0. The van der Waals surface area contributed by atoms with E-state index in [1.54, 1.807) is 6.08 Å². The van der Waals surface area contributed by atoms with Crippen molar-refractivity contribution in [2.24, 2.45) is 5.92 Å². The van der Waals surface area contributed by atoms with Crippen LogP contribution in [0.25, 0.3) is 0 Å². The normalized spacial score (nSPS) is 25.0. The maximum atomic E-state index is 9.54. The van der Waals surface area contributed by atoms with Gasteiger partial charge in [0, 0.05) is 0 Å². The summed E-state index contributed by atoms with van der Waals surface area (Å²) in [4.78, 5) is 0. The van der Waals surface area contributed by atoms with Gasteiger partial charge in [-0.1, -0.05) is 25.3 Å². The van der Waals surface area contributed by atoms with Crippen LogP contribution in [0.2, 0.25) is 0 Å². The fourth-order valence-corrected chi connectivity index (χ4v) is 1.36. The Labute approximate surface area is 62.8 Å². The molecule has 1 saturated carbocycles. The molecule has 10 heavy (non-hydrogen) atoms. The lowest BCUT2D eigenvalue weighted by atomic mass is 9.78. The van der Waals surface area contributed by atoms with Gasteiger partial charge < -0.3 is 5.11 Å². The second kappa shape index (κ2) is 2.75. The minimum atomic E-state index is -0.620. The van der Waals surface area contributed by atoms with E-state index in [2.05, 4.69) is 6.58 Å². The van der Waals surface area contributed by atoms with Crippen LogP contribution < -0.4 is 0 Å². The molecule has 1 heteroatoms. The Bertz CT molecular complexity index is 123. The van der Waals surface area contributed by atoms with Crippen molar-refractivity contribution in [3.05, 3.63) is 12.7 Å².